The van der Waals surface area contributed by atoms with Crippen molar-refractivity contribution in [3.05, 3.63) is 0 Å². The van der Waals surface area contributed by atoms with Gasteiger partial charge in [0.25, 0.3) is 0 Å². The van der Waals surface area contributed by atoms with Gasteiger partial charge in [-0.1, -0.05) is 0 Å². The maximum atomic E-state index is 11.3. The summed E-state index contributed by atoms with van der Waals surface area (Å²) in [5, 5.41) is 0. The minimum atomic E-state index is -6.34. The molecule has 74 valence electrons. The Bertz CT molecular complexity index is 295. The fraction of sp³-hybridized carbons (Fsp3) is 1.00. The van der Waals surface area contributed by atoms with Gasteiger partial charge in [0, 0.05) is 0 Å². The number of hydrogen-bond donors (Lipinski definition) is 0. The molecule has 0 unspecified atom stereocenters. The van der Waals surface area contributed by atoms with E-state index in [1.165, 1.54) is 0 Å². The van der Waals surface area contributed by atoms with Crippen LogP contribution < -0.4 is 9.79 Å². The van der Waals surface area contributed by atoms with Gasteiger partial charge in [-0.2, -0.15) is 21.6 Å². The fourth-order valence-electron chi connectivity index (χ4n) is 0.162. The summed E-state index contributed by atoms with van der Waals surface area (Å²) in [6.45, 7) is 0. The predicted octanol–water partition coefficient (Wildman–Crippen LogP) is -1.32. The Morgan fingerprint density at radius 3 is 1.67 bits per heavy atom. The van der Waals surface area contributed by atoms with Crippen LogP contribution >= 0.6 is 7.82 Å². The molecule has 0 saturated carbocycles. The van der Waals surface area contributed by atoms with Gasteiger partial charge in [-0.05, 0) is 0 Å². The largest absolute Gasteiger partial charge is 0.789 e. The van der Waals surface area contributed by atoms with Crippen molar-refractivity contribution in [3.63, 3.8) is 0 Å². The van der Waals surface area contributed by atoms with Crippen LogP contribution in [0.3, 0.4) is 0 Å². The van der Waals surface area contributed by atoms with E-state index in [1.54, 1.807) is 0 Å². The molecule has 0 saturated heterocycles. The second-order valence-electron chi connectivity index (χ2n) is 1.42. The van der Waals surface area contributed by atoms with Crippen LogP contribution in [-0.2, 0) is 18.7 Å². The molecule has 0 heterocycles. The molecule has 0 bridgehead atoms. The smallest absolute Gasteiger partial charge is 0.523 e. The van der Waals surface area contributed by atoms with E-state index in [9.17, 15) is 35.9 Å². The quantitative estimate of drug-likeness (QED) is 0.428. The summed E-state index contributed by atoms with van der Waals surface area (Å²) in [7, 11) is -12.5. The average molecular weight is 228 g/mol. The lowest BCUT2D eigenvalue weighted by molar-refractivity contribution is -0.334. The van der Waals surface area contributed by atoms with Gasteiger partial charge in [0.05, 0.1) is 7.82 Å². The van der Waals surface area contributed by atoms with Crippen molar-refractivity contribution < 1.29 is 39.9 Å². The second-order valence-corrected chi connectivity index (χ2v) is 4.28. The number of halogens is 3. The summed E-state index contributed by atoms with van der Waals surface area (Å²) in [5.41, 5.74) is -5.92. The maximum Gasteiger partial charge on any atom is 0.523 e. The molecule has 0 aliphatic rings. The summed E-state index contributed by atoms with van der Waals surface area (Å²) in [5.74, 6) is 0. The predicted molar refractivity (Wildman–Crippen MR) is 23.7 cm³/mol. The van der Waals surface area contributed by atoms with Gasteiger partial charge >= 0.3 is 15.6 Å². The van der Waals surface area contributed by atoms with Crippen LogP contribution in [0.25, 0.3) is 0 Å². The summed E-state index contributed by atoms with van der Waals surface area (Å²) in [4.78, 5) is 18.9. The molecular weight excluding hydrogens is 228 g/mol. The zero-order valence-corrected chi connectivity index (χ0v) is 6.65. The molecule has 0 aromatic rings. The first-order valence-corrected chi connectivity index (χ1v) is 4.87. The average Bonchev–Trinajstić information content (AvgIpc) is 1.52. The third kappa shape index (κ3) is 3.50. The molecule has 0 aliphatic heterocycles. The number of hydrogen-bond acceptors (Lipinski definition) is 6. The molecule has 12 heavy (non-hydrogen) atoms. The van der Waals surface area contributed by atoms with Crippen molar-refractivity contribution in [3.8, 4) is 0 Å². The highest BCUT2D eigenvalue weighted by atomic mass is 32.2. The molecule has 6 nitrogen and oxygen atoms in total. The topological polar surface area (TPSA) is 107 Å². The zero-order chi connectivity index (χ0) is 10.2. The first-order chi connectivity index (χ1) is 4.96. The van der Waals surface area contributed by atoms with Crippen LogP contribution in [0.2, 0.25) is 0 Å². The standard InChI is InChI=1S/CH2F3O6PS/c2-1(3,4)12(8,9)10-11(5,6)7/h(H2,5,6,7)/p-2. The van der Waals surface area contributed by atoms with Crippen LogP contribution in [0, 0.1) is 0 Å². The normalized spacial score (nSPS) is 14.8. The zero-order valence-electron chi connectivity index (χ0n) is 4.94. The molecule has 0 aliphatic carbocycles. The van der Waals surface area contributed by atoms with E-state index in [4.69, 9.17) is 0 Å². The van der Waals surface area contributed by atoms with Crippen molar-refractivity contribution in [2.24, 2.45) is 0 Å². The Morgan fingerprint density at radius 2 is 1.58 bits per heavy atom. The molecule has 0 amide bonds. The Morgan fingerprint density at radius 1 is 1.25 bits per heavy atom. The molecular formula is CF3O6PS-2. The van der Waals surface area contributed by atoms with Gasteiger partial charge < -0.3 is 14.4 Å². The number of alkyl halides is 3. The minimum Gasteiger partial charge on any atom is -0.789 e. The van der Waals surface area contributed by atoms with Crippen LogP contribution in [-0.4, -0.2) is 13.9 Å². The Kier molecular flexibility index (Phi) is 2.93. The van der Waals surface area contributed by atoms with Crippen molar-refractivity contribution >= 4 is 17.9 Å². The molecule has 0 fully saturated rings. The summed E-state index contributed by atoms with van der Waals surface area (Å²) < 4.78 is 65.0. The van der Waals surface area contributed by atoms with Gasteiger partial charge in [0.2, 0.25) is 0 Å². The first-order valence-electron chi connectivity index (χ1n) is 2.00. The summed E-state index contributed by atoms with van der Waals surface area (Å²) >= 11 is 0. The van der Waals surface area contributed by atoms with E-state index in [-0.39, 0.29) is 0 Å². The van der Waals surface area contributed by atoms with E-state index in [1.807, 2.05) is 0 Å². The summed E-state index contributed by atoms with van der Waals surface area (Å²) in [6, 6.07) is 0. The number of rotatable bonds is 2. The van der Waals surface area contributed by atoms with E-state index >= 15 is 0 Å². The van der Waals surface area contributed by atoms with E-state index < -0.39 is 23.4 Å². The van der Waals surface area contributed by atoms with Gasteiger partial charge in [-0.15, -0.1) is 0 Å². The van der Waals surface area contributed by atoms with Gasteiger partial charge in [-0.3, -0.25) is 0 Å². The Hall–Kier alpha value is -0.150. The highest BCUT2D eigenvalue weighted by Crippen LogP contribution is 2.35. The number of phosphoric acid groups is 1. The Labute approximate surface area is 64.3 Å². The maximum absolute atomic E-state index is 11.3. The van der Waals surface area contributed by atoms with Crippen molar-refractivity contribution in [2.75, 3.05) is 0 Å². The molecule has 0 rings (SSSR count). The van der Waals surface area contributed by atoms with E-state index in [0.29, 0.717) is 0 Å². The molecule has 0 aromatic heterocycles. The highest BCUT2D eigenvalue weighted by molar-refractivity contribution is 7.91. The second kappa shape index (κ2) is 2.96. The van der Waals surface area contributed by atoms with Crippen molar-refractivity contribution in [1.82, 2.24) is 0 Å². The van der Waals surface area contributed by atoms with Crippen LogP contribution in [0.5, 0.6) is 0 Å². The van der Waals surface area contributed by atoms with Crippen molar-refractivity contribution in [2.45, 2.75) is 5.51 Å². The van der Waals surface area contributed by atoms with Gasteiger partial charge in [0.15, 0.2) is 0 Å². The SMILES string of the molecule is O=P([O-])([O-])OS(=O)(=O)C(F)(F)F. The Balaban J connectivity index is 4.83. The monoisotopic (exact) mass is 228 g/mol. The van der Waals surface area contributed by atoms with Crippen LogP contribution in [0.1, 0.15) is 0 Å². The first kappa shape index (κ1) is 11.8. The van der Waals surface area contributed by atoms with Gasteiger partial charge in [-0.25, -0.2) is 3.97 Å². The van der Waals surface area contributed by atoms with Crippen molar-refractivity contribution in [1.29, 1.82) is 0 Å². The lowest BCUT2D eigenvalue weighted by atomic mass is 11.6. The van der Waals surface area contributed by atoms with E-state index in [2.05, 4.69) is 3.97 Å². The lowest BCUT2D eigenvalue weighted by Crippen LogP contribution is -2.29. The highest BCUT2D eigenvalue weighted by Gasteiger charge is 2.47. The van der Waals surface area contributed by atoms with E-state index in [0.717, 1.165) is 0 Å². The fourth-order valence-corrected chi connectivity index (χ4v) is 1.46. The molecule has 11 heteroatoms. The lowest BCUT2D eigenvalue weighted by Gasteiger charge is -2.27. The van der Waals surface area contributed by atoms with Gasteiger partial charge in [0.1, 0.15) is 0 Å². The third-order valence-electron chi connectivity index (χ3n) is 0.473. The molecule has 0 aromatic carbocycles. The minimum absolute atomic E-state index is 2.28. The van der Waals surface area contributed by atoms with Crippen LogP contribution in [0.15, 0.2) is 0 Å². The summed E-state index contributed by atoms with van der Waals surface area (Å²) in [6.07, 6.45) is 0. The molecule has 0 atom stereocenters. The molecule has 0 radical (unpaired) electrons. The third-order valence-corrected chi connectivity index (χ3v) is 2.56. The van der Waals surface area contributed by atoms with Crippen LogP contribution in [0.4, 0.5) is 13.2 Å². The molecule has 0 N–H and O–H groups in total. The molecule has 0 spiro atoms.